The van der Waals surface area contributed by atoms with E-state index in [-0.39, 0.29) is 0 Å². The zero-order chi connectivity index (χ0) is 11.8. The van der Waals surface area contributed by atoms with E-state index in [0.717, 1.165) is 27.6 Å². The molecule has 17 heavy (non-hydrogen) atoms. The number of rotatable bonds is 1. The Morgan fingerprint density at radius 2 is 1.88 bits per heavy atom. The molecule has 0 spiro atoms. The lowest BCUT2D eigenvalue weighted by Crippen LogP contribution is -1.96. The van der Waals surface area contributed by atoms with Crippen molar-refractivity contribution in [2.24, 2.45) is 0 Å². The summed E-state index contributed by atoms with van der Waals surface area (Å²) in [7, 11) is 0. The number of benzene rings is 2. The summed E-state index contributed by atoms with van der Waals surface area (Å²) in [5.74, 6) is 0.966. The number of para-hydroxylation sites is 2. The summed E-state index contributed by atoms with van der Waals surface area (Å²) in [6.45, 7) is 2.00. The first kappa shape index (κ1) is 10.4. The van der Waals surface area contributed by atoms with Crippen LogP contribution in [0.2, 0.25) is 5.02 Å². The van der Waals surface area contributed by atoms with Crippen LogP contribution in [-0.4, -0.2) is 9.55 Å². The van der Waals surface area contributed by atoms with Gasteiger partial charge in [-0.3, -0.25) is 4.57 Å². The summed E-state index contributed by atoms with van der Waals surface area (Å²) < 4.78 is 2.11. The van der Waals surface area contributed by atoms with Gasteiger partial charge in [0.25, 0.3) is 0 Å². The average molecular weight is 243 g/mol. The third-order valence-electron chi connectivity index (χ3n) is 2.79. The van der Waals surface area contributed by atoms with Crippen molar-refractivity contribution in [2.45, 2.75) is 6.92 Å². The quantitative estimate of drug-likeness (QED) is 0.631. The molecule has 1 heterocycles. The normalized spacial score (nSPS) is 10.9. The van der Waals surface area contributed by atoms with Crippen LogP contribution >= 0.6 is 11.6 Å². The van der Waals surface area contributed by atoms with Crippen molar-refractivity contribution in [3.8, 4) is 5.69 Å². The molecule has 0 N–H and O–H groups in total. The number of hydrogen-bond acceptors (Lipinski definition) is 1. The maximum Gasteiger partial charge on any atom is 0.111 e. The van der Waals surface area contributed by atoms with Crippen LogP contribution in [0.3, 0.4) is 0 Å². The molecule has 0 amide bonds. The maximum absolute atomic E-state index is 6.03. The molecule has 2 nitrogen and oxygen atoms in total. The summed E-state index contributed by atoms with van der Waals surface area (Å²) in [5.41, 5.74) is 3.15. The monoisotopic (exact) mass is 242 g/mol. The van der Waals surface area contributed by atoms with E-state index >= 15 is 0 Å². The number of nitrogens with zero attached hydrogens (tertiary/aromatic N) is 2. The molecule has 0 radical (unpaired) electrons. The molecule has 84 valence electrons. The fraction of sp³-hybridized carbons (Fsp3) is 0.0714. The largest absolute Gasteiger partial charge is 0.296 e. The lowest BCUT2D eigenvalue weighted by Gasteiger charge is -2.06. The number of halogens is 1. The fourth-order valence-electron chi connectivity index (χ4n) is 2.09. The van der Waals surface area contributed by atoms with E-state index in [1.807, 2.05) is 49.4 Å². The van der Waals surface area contributed by atoms with Crippen LogP contribution in [-0.2, 0) is 0 Å². The van der Waals surface area contributed by atoms with Crippen molar-refractivity contribution in [1.29, 1.82) is 0 Å². The molecule has 3 aromatic rings. The molecule has 1 aromatic heterocycles. The third kappa shape index (κ3) is 1.71. The minimum atomic E-state index is 0.736. The molecule has 0 unspecified atom stereocenters. The summed E-state index contributed by atoms with van der Waals surface area (Å²) in [5, 5.41) is 0.736. The maximum atomic E-state index is 6.03. The zero-order valence-electron chi connectivity index (χ0n) is 9.39. The predicted octanol–water partition coefficient (Wildman–Crippen LogP) is 3.99. The van der Waals surface area contributed by atoms with Gasteiger partial charge in [0.2, 0.25) is 0 Å². The Morgan fingerprint density at radius 1 is 1.06 bits per heavy atom. The molecule has 3 rings (SSSR count). The van der Waals surface area contributed by atoms with Gasteiger partial charge >= 0.3 is 0 Å². The minimum Gasteiger partial charge on any atom is -0.296 e. The van der Waals surface area contributed by atoms with Gasteiger partial charge in [-0.1, -0.05) is 29.8 Å². The molecule has 0 aliphatic heterocycles. The second kappa shape index (κ2) is 3.90. The van der Waals surface area contributed by atoms with Crippen molar-refractivity contribution in [1.82, 2.24) is 9.55 Å². The first-order valence-corrected chi connectivity index (χ1v) is 5.83. The molecule has 0 aliphatic carbocycles. The SMILES string of the molecule is Cc1nc2ccccc2n1-c1cccc(Cl)c1. The molecule has 0 saturated carbocycles. The molecule has 0 fully saturated rings. The molecule has 0 bridgehead atoms. The highest BCUT2D eigenvalue weighted by Gasteiger charge is 2.08. The van der Waals surface area contributed by atoms with E-state index in [0.29, 0.717) is 0 Å². The summed E-state index contributed by atoms with van der Waals surface area (Å²) in [6.07, 6.45) is 0. The van der Waals surface area contributed by atoms with Gasteiger partial charge in [-0.2, -0.15) is 0 Å². The Morgan fingerprint density at radius 3 is 2.71 bits per heavy atom. The Balaban J connectivity index is 2.33. The van der Waals surface area contributed by atoms with Crippen LogP contribution in [0, 0.1) is 6.92 Å². The van der Waals surface area contributed by atoms with Crippen molar-refractivity contribution in [3.05, 3.63) is 59.4 Å². The number of fused-ring (bicyclic) bond motifs is 1. The zero-order valence-corrected chi connectivity index (χ0v) is 10.1. The summed E-state index contributed by atoms with van der Waals surface area (Å²) in [4.78, 5) is 4.54. The summed E-state index contributed by atoms with van der Waals surface area (Å²) in [6, 6.07) is 15.9. The van der Waals surface area contributed by atoms with E-state index in [1.165, 1.54) is 0 Å². The number of aromatic nitrogens is 2. The number of imidazole rings is 1. The van der Waals surface area contributed by atoms with Crippen LogP contribution in [0.15, 0.2) is 48.5 Å². The predicted molar refractivity (Wildman–Crippen MR) is 70.8 cm³/mol. The molecule has 2 aromatic carbocycles. The van der Waals surface area contributed by atoms with Gasteiger partial charge in [-0.15, -0.1) is 0 Å². The first-order chi connectivity index (χ1) is 8.25. The topological polar surface area (TPSA) is 17.8 Å². The van der Waals surface area contributed by atoms with Crippen molar-refractivity contribution < 1.29 is 0 Å². The van der Waals surface area contributed by atoms with Gasteiger partial charge < -0.3 is 0 Å². The van der Waals surface area contributed by atoms with E-state index in [9.17, 15) is 0 Å². The highest BCUT2D eigenvalue weighted by molar-refractivity contribution is 6.30. The number of aryl methyl sites for hydroxylation is 1. The van der Waals surface area contributed by atoms with Crippen LogP contribution in [0.1, 0.15) is 5.82 Å². The van der Waals surface area contributed by atoms with Crippen molar-refractivity contribution in [3.63, 3.8) is 0 Å². The Bertz CT molecular complexity index is 686. The second-order valence-electron chi connectivity index (χ2n) is 3.96. The standard InChI is InChI=1S/C14H11ClN2/c1-10-16-13-7-2-3-8-14(13)17(10)12-6-4-5-11(15)9-12/h2-9H,1H3. The first-order valence-electron chi connectivity index (χ1n) is 5.46. The van der Waals surface area contributed by atoms with Gasteiger partial charge in [0.05, 0.1) is 11.0 Å². The van der Waals surface area contributed by atoms with E-state index in [1.54, 1.807) is 0 Å². The molecular weight excluding hydrogens is 232 g/mol. The lowest BCUT2D eigenvalue weighted by molar-refractivity contribution is 1.00. The van der Waals surface area contributed by atoms with E-state index < -0.39 is 0 Å². The lowest BCUT2D eigenvalue weighted by atomic mass is 10.3. The van der Waals surface area contributed by atoms with Gasteiger partial charge in [-0.25, -0.2) is 4.98 Å². The fourth-order valence-corrected chi connectivity index (χ4v) is 2.27. The van der Waals surface area contributed by atoms with E-state index in [4.69, 9.17) is 11.6 Å². The highest BCUT2D eigenvalue weighted by Crippen LogP contribution is 2.22. The van der Waals surface area contributed by atoms with Gasteiger partial charge in [0.15, 0.2) is 0 Å². The van der Waals surface area contributed by atoms with Crippen LogP contribution in [0.5, 0.6) is 0 Å². The van der Waals surface area contributed by atoms with Crippen molar-refractivity contribution in [2.75, 3.05) is 0 Å². The third-order valence-corrected chi connectivity index (χ3v) is 3.03. The molecule has 0 aliphatic rings. The van der Waals surface area contributed by atoms with Gasteiger partial charge in [0, 0.05) is 10.7 Å². The number of hydrogen-bond donors (Lipinski definition) is 0. The molecule has 0 saturated heterocycles. The summed E-state index contributed by atoms with van der Waals surface area (Å²) >= 11 is 6.03. The smallest absolute Gasteiger partial charge is 0.111 e. The van der Waals surface area contributed by atoms with Crippen LogP contribution in [0.4, 0.5) is 0 Å². The molecule has 3 heteroatoms. The van der Waals surface area contributed by atoms with Gasteiger partial charge in [0.1, 0.15) is 5.82 Å². The van der Waals surface area contributed by atoms with Crippen LogP contribution < -0.4 is 0 Å². The highest BCUT2D eigenvalue weighted by atomic mass is 35.5. The van der Waals surface area contributed by atoms with Crippen molar-refractivity contribution >= 4 is 22.6 Å². The van der Waals surface area contributed by atoms with Crippen LogP contribution in [0.25, 0.3) is 16.7 Å². The van der Waals surface area contributed by atoms with Gasteiger partial charge in [-0.05, 0) is 37.3 Å². The molecule has 0 atom stereocenters. The molecular formula is C14H11ClN2. The average Bonchev–Trinajstić information content (AvgIpc) is 2.64. The Labute approximate surface area is 104 Å². The Kier molecular flexibility index (Phi) is 2.37. The minimum absolute atomic E-state index is 0.736. The Hall–Kier alpha value is -1.80. The second-order valence-corrected chi connectivity index (χ2v) is 4.40. The van der Waals surface area contributed by atoms with E-state index in [2.05, 4.69) is 15.6 Å².